The number of hydrogen-bond donors (Lipinski definition) is 1. The Kier molecular flexibility index (Phi) is 2.95. The molecule has 0 spiro atoms. The molecule has 0 saturated heterocycles. The Hall–Kier alpha value is -2.69. The number of fused-ring (bicyclic) bond motifs is 1. The Balaban J connectivity index is 1.96. The molecule has 1 heterocycles. The monoisotopic (exact) mass is 266 g/mol. The number of carbonyl (C=O) groups excluding carboxylic acids is 1. The Morgan fingerprint density at radius 2 is 1.95 bits per heavy atom. The minimum absolute atomic E-state index is 0.444. The average Bonchev–Trinajstić information content (AvgIpc) is 2.84. The van der Waals surface area contributed by atoms with Crippen LogP contribution in [0.1, 0.15) is 21.5 Å². The van der Waals surface area contributed by atoms with E-state index in [1.165, 1.54) is 5.56 Å². The van der Waals surface area contributed by atoms with Crippen molar-refractivity contribution in [2.24, 2.45) is 5.73 Å². The summed E-state index contributed by atoms with van der Waals surface area (Å²) in [6.45, 7) is 2.70. The van der Waals surface area contributed by atoms with E-state index < -0.39 is 5.91 Å². The summed E-state index contributed by atoms with van der Waals surface area (Å²) in [4.78, 5) is 11.1. The number of aromatic nitrogens is 3. The Morgan fingerprint density at radius 1 is 1.20 bits per heavy atom. The predicted octanol–water partition coefficient (Wildman–Crippen LogP) is 1.89. The molecule has 3 aromatic rings. The van der Waals surface area contributed by atoms with Crippen molar-refractivity contribution in [1.82, 2.24) is 15.0 Å². The molecule has 1 amide bonds. The lowest BCUT2D eigenvalue weighted by atomic mass is 10.1. The van der Waals surface area contributed by atoms with Gasteiger partial charge in [0.05, 0.1) is 12.1 Å². The van der Waals surface area contributed by atoms with Gasteiger partial charge in [-0.15, -0.1) is 5.10 Å². The van der Waals surface area contributed by atoms with Crippen molar-refractivity contribution < 1.29 is 4.79 Å². The van der Waals surface area contributed by atoms with E-state index in [9.17, 15) is 4.79 Å². The summed E-state index contributed by atoms with van der Waals surface area (Å²) in [7, 11) is 0. The van der Waals surface area contributed by atoms with Crippen LogP contribution in [-0.4, -0.2) is 20.9 Å². The van der Waals surface area contributed by atoms with Crippen LogP contribution in [0.15, 0.2) is 42.5 Å². The Labute approximate surface area is 116 Å². The second-order valence-electron chi connectivity index (χ2n) is 4.80. The molecule has 0 radical (unpaired) electrons. The van der Waals surface area contributed by atoms with Crippen molar-refractivity contribution >= 4 is 16.9 Å². The van der Waals surface area contributed by atoms with Crippen LogP contribution >= 0.6 is 0 Å². The van der Waals surface area contributed by atoms with Gasteiger partial charge in [-0.3, -0.25) is 4.79 Å². The zero-order chi connectivity index (χ0) is 14.1. The molecule has 0 aliphatic carbocycles. The first kappa shape index (κ1) is 12.3. The first-order valence-corrected chi connectivity index (χ1v) is 6.32. The van der Waals surface area contributed by atoms with Crippen LogP contribution in [0.5, 0.6) is 0 Å². The first-order chi connectivity index (χ1) is 9.63. The minimum Gasteiger partial charge on any atom is -0.366 e. The van der Waals surface area contributed by atoms with Crippen LogP contribution in [0.2, 0.25) is 0 Å². The Bertz CT molecular complexity index is 774. The molecule has 2 aromatic carbocycles. The number of benzene rings is 2. The summed E-state index contributed by atoms with van der Waals surface area (Å²) >= 11 is 0. The molecule has 1 aromatic heterocycles. The maximum absolute atomic E-state index is 11.1. The number of amides is 1. The quantitative estimate of drug-likeness (QED) is 0.786. The molecular formula is C15H14N4O. The van der Waals surface area contributed by atoms with E-state index in [1.54, 1.807) is 12.1 Å². The average molecular weight is 266 g/mol. The largest absolute Gasteiger partial charge is 0.366 e. The number of primary amides is 1. The summed E-state index contributed by atoms with van der Waals surface area (Å²) in [6.07, 6.45) is 0. The molecule has 5 nitrogen and oxygen atoms in total. The van der Waals surface area contributed by atoms with Gasteiger partial charge in [-0.05, 0) is 30.7 Å². The SMILES string of the molecule is Cc1ccc(Cn2nnc3cc(C(N)=O)ccc32)cc1. The summed E-state index contributed by atoms with van der Waals surface area (Å²) in [5.41, 5.74) is 9.64. The third kappa shape index (κ3) is 2.25. The zero-order valence-corrected chi connectivity index (χ0v) is 11.1. The van der Waals surface area contributed by atoms with Crippen molar-refractivity contribution in [1.29, 1.82) is 0 Å². The van der Waals surface area contributed by atoms with Crippen molar-refractivity contribution in [2.75, 3.05) is 0 Å². The maximum Gasteiger partial charge on any atom is 0.248 e. The third-order valence-corrected chi connectivity index (χ3v) is 3.25. The molecule has 5 heteroatoms. The van der Waals surface area contributed by atoms with Crippen LogP contribution in [0.4, 0.5) is 0 Å². The number of carbonyl (C=O) groups is 1. The van der Waals surface area contributed by atoms with Gasteiger partial charge in [-0.25, -0.2) is 4.68 Å². The summed E-state index contributed by atoms with van der Waals surface area (Å²) in [6, 6.07) is 13.5. The van der Waals surface area contributed by atoms with E-state index in [1.807, 2.05) is 10.7 Å². The summed E-state index contributed by atoms with van der Waals surface area (Å²) in [5.74, 6) is -0.458. The van der Waals surface area contributed by atoms with Gasteiger partial charge in [-0.2, -0.15) is 0 Å². The van der Waals surface area contributed by atoms with Crippen molar-refractivity contribution in [2.45, 2.75) is 13.5 Å². The maximum atomic E-state index is 11.1. The van der Waals surface area contributed by atoms with Gasteiger partial charge in [0.2, 0.25) is 5.91 Å². The van der Waals surface area contributed by atoms with Gasteiger partial charge >= 0.3 is 0 Å². The number of nitrogens with two attached hydrogens (primary N) is 1. The highest BCUT2D eigenvalue weighted by atomic mass is 16.1. The number of aryl methyl sites for hydroxylation is 1. The van der Waals surface area contributed by atoms with E-state index in [4.69, 9.17) is 5.73 Å². The van der Waals surface area contributed by atoms with E-state index in [-0.39, 0.29) is 0 Å². The standard InChI is InChI=1S/C15H14N4O/c1-10-2-4-11(5-3-10)9-19-14-7-6-12(15(16)20)8-13(14)17-18-19/h2-8H,9H2,1H3,(H2,16,20). The lowest BCUT2D eigenvalue weighted by molar-refractivity contribution is 0.100. The molecule has 0 aliphatic heterocycles. The molecule has 0 atom stereocenters. The predicted molar refractivity (Wildman–Crippen MR) is 76.3 cm³/mol. The lowest BCUT2D eigenvalue weighted by Crippen LogP contribution is -2.10. The molecule has 0 saturated carbocycles. The highest BCUT2D eigenvalue weighted by molar-refractivity contribution is 5.96. The molecule has 100 valence electrons. The van der Waals surface area contributed by atoms with Crippen LogP contribution in [0.3, 0.4) is 0 Å². The van der Waals surface area contributed by atoms with E-state index in [2.05, 4.69) is 41.5 Å². The zero-order valence-electron chi connectivity index (χ0n) is 11.1. The van der Waals surface area contributed by atoms with E-state index in [0.29, 0.717) is 17.6 Å². The van der Waals surface area contributed by atoms with Crippen molar-refractivity contribution in [3.8, 4) is 0 Å². The smallest absolute Gasteiger partial charge is 0.248 e. The second kappa shape index (κ2) is 4.77. The van der Waals surface area contributed by atoms with Gasteiger partial charge in [-0.1, -0.05) is 35.0 Å². The topological polar surface area (TPSA) is 73.8 Å². The molecule has 0 fully saturated rings. The number of hydrogen-bond acceptors (Lipinski definition) is 3. The fourth-order valence-corrected chi connectivity index (χ4v) is 2.11. The van der Waals surface area contributed by atoms with Crippen LogP contribution < -0.4 is 5.73 Å². The number of nitrogens with zero attached hydrogens (tertiary/aromatic N) is 3. The fraction of sp³-hybridized carbons (Fsp3) is 0.133. The van der Waals surface area contributed by atoms with E-state index >= 15 is 0 Å². The highest BCUT2D eigenvalue weighted by Gasteiger charge is 2.08. The van der Waals surface area contributed by atoms with Crippen molar-refractivity contribution in [3.05, 3.63) is 59.2 Å². The summed E-state index contributed by atoms with van der Waals surface area (Å²) < 4.78 is 1.81. The number of rotatable bonds is 3. The second-order valence-corrected chi connectivity index (χ2v) is 4.80. The van der Waals surface area contributed by atoms with Crippen LogP contribution in [0.25, 0.3) is 11.0 Å². The lowest BCUT2D eigenvalue weighted by Gasteiger charge is -2.03. The minimum atomic E-state index is -0.458. The molecular weight excluding hydrogens is 252 g/mol. The van der Waals surface area contributed by atoms with Gasteiger partial charge in [0.25, 0.3) is 0 Å². The summed E-state index contributed by atoms with van der Waals surface area (Å²) in [5, 5.41) is 8.21. The third-order valence-electron chi connectivity index (χ3n) is 3.25. The van der Waals surface area contributed by atoms with Gasteiger partial charge in [0.1, 0.15) is 5.52 Å². The van der Waals surface area contributed by atoms with Crippen LogP contribution in [0, 0.1) is 6.92 Å². The molecule has 2 N–H and O–H groups in total. The molecule has 0 aliphatic rings. The van der Waals surface area contributed by atoms with Gasteiger partial charge < -0.3 is 5.73 Å². The Morgan fingerprint density at radius 3 is 2.65 bits per heavy atom. The molecule has 20 heavy (non-hydrogen) atoms. The normalized spacial score (nSPS) is 10.8. The highest BCUT2D eigenvalue weighted by Crippen LogP contribution is 2.15. The van der Waals surface area contributed by atoms with Gasteiger partial charge in [0, 0.05) is 5.56 Å². The van der Waals surface area contributed by atoms with Crippen molar-refractivity contribution in [3.63, 3.8) is 0 Å². The van der Waals surface area contributed by atoms with E-state index in [0.717, 1.165) is 11.1 Å². The fourth-order valence-electron chi connectivity index (χ4n) is 2.11. The first-order valence-electron chi connectivity index (χ1n) is 6.32. The van der Waals surface area contributed by atoms with Crippen LogP contribution in [-0.2, 0) is 6.54 Å². The molecule has 0 bridgehead atoms. The molecule has 3 rings (SSSR count). The van der Waals surface area contributed by atoms with Gasteiger partial charge in [0.15, 0.2) is 0 Å². The molecule has 0 unspecified atom stereocenters.